The third-order valence-corrected chi connectivity index (χ3v) is 7.50. The van der Waals surface area contributed by atoms with E-state index >= 15 is 0 Å². The highest BCUT2D eigenvalue weighted by Gasteiger charge is 2.45. The standard InChI is InChI=1S/C30H44O6/c1-8-10-20(3)29-25(34-29)17-19(2)11-9-12-21(4)28-22(5)13-14-26(33-23(6)31)30(7)16-15-24(36-30)18-27(32)35-28/h8-14,19-20,22,24-26,28-29H,15-18H2,1-7H3/b10-8+,11-9+,14-13+,21-12+. The van der Waals surface area contributed by atoms with E-state index in [1.165, 1.54) is 6.92 Å². The third-order valence-electron chi connectivity index (χ3n) is 7.50. The van der Waals surface area contributed by atoms with E-state index in [1.807, 2.05) is 45.9 Å². The van der Waals surface area contributed by atoms with Gasteiger partial charge in [-0.05, 0) is 57.6 Å². The second-order valence-corrected chi connectivity index (χ2v) is 11.0. The molecular weight excluding hydrogens is 456 g/mol. The van der Waals surface area contributed by atoms with Crippen LogP contribution < -0.4 is 0 Å². The van der Waals surface area contributed by atoms with Crippen LogP contribution in [-0.2, 0) is 28.5 Å². The molecule has 0 aliphatic carbocycles. The molecule has 3 aliphatic rings. The Morgan fingerprint density at radius 1 is 1.25 bits per heavy atom. The molecule has 0 N–H and O–H groups in total. The second-order valence-electron chi connectivity index (χ2n) is 11.0. The molecule has 0 spiro atoms. The van der Waals surface area contributed by atoms with Crippen LogP contribution in [0.15, 0.2) is 48.1 Å². The van der Waals surface area contributed by atoms with E-state index in [1.54, 1.807) is 0 Å². The summed E-state index contributed by atoms with van der Waals surface area (Å²) in [6.45, 7) is 13.8. The summed E-state index contributed by atoms with van der Waals surface area (Å²) >= 11 is 0. The van der Waals surface area contributed by atoms with E-state index in [4.69, 9.17) is 18.9 Å². The lowest BCUT2D eigenvalue weighted by atomic mass is 9.91. The van der Waals surface area contributed by atoms with Crippen LogP contribution in [0.4, 0.5) is 0 Å². The van der Waals surface area contributed by atoms with E-state index in [9.17, 15) is 9.59 Å². The molecule has 9 atom stereocenters. The van der Waals surface area contributed by atoms with Crippen LogP contribution in [0.2, 0.25) is 0 Å². The molecule has 3 rings (SSSR count). The molecule has 0 aromatic heterocycles. The lowest BCUT2D eigenvalue weighted by Crippen LogP contribution is -2.41. The normalized spacial score (nSPS) is 37.9. The SMILES string of the molecule is C/C=C/C(C)C1OC1CC(C)/C=C/C=C(\C)C1OC(=O)CC2CCC(C)(O2)C(OC(C)=O)/C=C/C1C. The first-order chi connectivity index (χ1) is 17.0. The van der Waals surface area contributed by atoms with Gasteiger partial charge in [-0.1, -0.05) is 57.2 Å². The Balaban J connectivity index is 1.68. The van der Waals surface area contributed by atoms with Crippen molar-refractivity contribution in [1.29, 1.82) is 0 Å². The summed E-state index contributed by atoms with van der Waals surface area (Å²) < 4.78 is 23.6. The molecule has 0 radical (unpaired) electrons. The highest BCUT2D eigenvalue weighted by Crippen LogP contribution is 2.38. The van der Waals surface area contributed by atoms with E-state index in [-0.39, 0.29) is 30.4 Å². The van der Waals surface area contributed by atoms with Gasteiger partial charge in [0.2, 0.25) is 0 Å². The van der Waals surface area contributed by atoms with Crippen molar-refractivity contribution in [3.63, 3.8) is 0 Å². The zero-order valence-corrected chi connectivity index (χ0v) is 22.9. The number of carbonyl (C=O) groups excluding carboxylic acids is 2. The Bertz CT molecular complexity index is 901. The average Bonchev–Trinajstić information content (AvgIpc) is 3.46. The van der Waals surface area contributed by atoms with Crippen LogP contribution in [0.1, 0.15) is 74.1 Å². The van der Waals surface area contributed by atoms with Crippen molar-refractivity contribution in [2.75, 3.05) is 0 Å². The fourth-order valence-electron chi connectivity index (χ4n) is 5.37. The van der Waals surface area contributed by atoms with Crippen LogP contribution >= 0.6 is 0 Å². The fourth-order valence-corrected chi connectivity index (χ4v) is 5.37. The Morgan fingerprint density at radius 2 is 2.00 bits per heavy atom. The van der Waals surface area contributed by atoms with Gasteiger partial charge in [0.25, 0.3) is 0 Å². The zero-order valence-electron chi connectivity index (χ0n) is 22.9. The van der Waals surface area contributed by atoms with Crippen LogP contribution in [0.5, 0.6) is 0 Å². The van der Waals surface area contributed by atoms with Gasteiger partial charge in [-0.3, -0.25) is 9.59 Å². The molecule has 6 heteroatoms. The third kappa shape index (κ3) is 7.66. The molecule has 3 aliphatic heterocycles. The quantitative estimate of drug-likeness (QED) is 0.180. The van der Waals surface area contributed by atoms with Crippen molar-refractivity contribution in [2.24, 2.45) is 17.8 Å². The molecule has 2 saturated heterocycles. The minimum atomic E-state index is -0.647. The molecule has 9 unspecified atom stereocenters. The van der Waals surface area contributed by atoms with Gasteiger partial charge in [-0.25, -0.2) is 0 Å². The molecule has 6 nitrogen and oxygen atoms in total. The molecule has 0 aromatic rings. The Morgan fingerprint density at radius 3 is 2.69 bits per heavy atom. The van der Waals surface area contributed by atoms with Crippen LogP contribution in [0.3, 0.4) is 0 Å². The number of hydrogen-bond donors (Lipinski definition) is 0. The van der Waals surface area contributed by atoms with Gasteiger partial charge in [0.15, 0.2) is 0 Å². The number of esters is 2. The summed E-state index contributed by atoms with van der Waals surface area (Å²) in [4.78, 5) is 24.6. The molecule has 3 heterocycles. The first-order valence-corrected chi connectivity index (χ1v) is 13.4. The summed E-state index contributed by atoms with van der Waals surface area (Å²) in [7, 11) is 0. The number of fused-ring (bicyclic) bond motifs is 2. The maximum absolute atomic E-state index is 12.8. The van der Waals surface area contributed by atoms with Gasteiger partial charge in [-0.15, -0.1) is 0 Å². The molecule has 0 aromatic carbocycles. The predicted octanol–water partition coefficient (Wildman–Crippen LogP) is 5.87. The Labute approximate surface area is 216 Å². The molecule has 36 heavy (non-hydrogen) atoms. The minimum Gasteiger partial charge on any atom is -0.457 e. The van der Waals surface area contributed by atoms with E-state index in [0.717, 1.165) is 18.4 Å². The number of ether oxygens (including phenoxy) is 4. The fraction of sp³-hybridized carbons (Fsp3) is 0.667. The molecule has 200 valence electrons. The summed E-state index contributed by atoms with van der Waals surface area (Å²) in [5.41, 5.74) is 0.317. The van der Waals surface area contributed by atoms with Crippen molar-refractivity contribution in [3.05, 3.63) is 48.1 Å². The van der Waals surface area contributed by atoms with Crippen molar-refractivity contribution < 1.29 is 28.5 Å². The monoisotopic (exact) mass is 500 g/mol. The number of rotatable bonds is 8. The Hall–Kier alpha value is -2.18. The van der Waals surface area contributed by atoms with Crippen molar-refractivity contribution in [1.82, 2.24) is 0 Å². The molecule has 0 saturated carbocycles. The van der Waals surface area contributed by atoms with Gasteiger partial charge in [0, 0.05) is 18.8 Å². The number of carbonyl (C=O) groups is 2. The summed E-state index contributed by atoms with van der Waals surface area (Å²) in [5, 5.41) is 0. The van der Waals surface area contributed by atoms with Gasteiger partial charge < -0.3 is 18.9 Å². The lowest BCUT2D eigenvalue weighted by molar-refractivity contribution is -0.164. The van der Waals surface area contributed by atoms with E-state index in [0.29, 0.717) is 30.5 Å². The maximum Gasteiger partial charge on any atom is 0.309 e. The van der Waals surface area contributed by atoms with Crippen LogP contribution in [0, 0.1) is 17.8 Å². The highest BCUT2D eigenvalue weighted by atomic mass is 16.6. The largest absolute Gasteiger partial charge is 0.457 e. The van der Waals surface area contributed by atoms with E-state index in [2.05, 4.69) is 38.2 Å². The second kappa shape index (κ2) is 12.4. The number of allylic oxidation sites excluding steroid dienone is 4. The molecular formula is C30H44O6. The van der Waals surface area contributed by atoms with Gasteiger partial charge >= 0.3 is 11.9 Å². The molecule has 2 bridgehead atoms. The lowest BCUT2D eigenvalue weighted by Gasteiger charge is -2.31. The smallest absolute Gasteiger partial charge is 0.309 e. The van der Waals surface area contributed by atoms with Crippen LogP contribution in [0.25, 0.3) is 0 Å². The van der Waals surface area contributed by atoms with Crippen LogP contribution in [-0.4, -0.2) is 48.1 Å². The first kappa shape index (κ1) is 28.4. The van der Waals surface area contributed by atoms with Gasteiger partial charge in [0.05, 0.1) is 24.7 Å². The number of epoxide rings is 1. The maximum atomic E-state index is 12.8. The van der Waals surface area contributed by atoms with Crippen molar-refractivity contribution in [2.45, 2.75) is 110 Å². The van der Waals surface area contributed by atoms with Gasteiger partial charge in [0.1, 0.15) is 17.8 Å². The minimum absolute atomic E-state index is 0.0944. The summed E-state index contributed by atoms with van der Waals surface area (Å²) in [6, 6.07) is 0. The predicted molar refractivity (Wildman–Crippen MR) is 140 cm³/mol. The summed E-state index contributed by atoms with van der Waals surface area (Å²) in [6.07, 6.45) is 16.5. The highest BCUT2D eigenvalue weighted by molar-refractivity contribution is 5.70. The topological polar surface area (TPSA) is 74.4 Å². The van der Waals surface area contributed by atoms with Crippen molar-refractivity contribution in [3.8, 4) is 0 Å². The average molecular weight is 501 g/mol. The number of cyclic esters (lactones) is 1. The zero-order chi connectivity index (χ0) is 26.5. The summed E-state index contributed by atoms with van der Waals surface area (Å²) in [5.74, 6) is 0.120. The van der Waals surface area contributed by atoms with E-state index < -0.39 is 17.8 Å². The Kier molecular flexibility index (Phi) is 9.76. The number of hydrogen-bond acceptors (Lipinski definition) is 6. The molecule has 0 amide bonds. The van der Waals surface area contributed by atoms with Gasteiger partial charge in [-0.2, -0.15) is 0 Å². The van der Waals surface area contributed by atoms with Crippen molar-refractivity contribution >= 4 is 11.9 Å². The first-order valence-electron chi connectivity index (χ1n) is 13.4. The molecule has 2 fully saturated rings.